The fourth-order valence-corrected chi connectivity index (χ4v) is 1.12. The van der Waals surface area contributed by atoms with Crippen molar-refractivity contribution < 1.29 is 19.0 Å². The number of benzene rings is 1. The first-order chi connectivity index (χ1) is 6.33. The molecule has 1 heterocycles. The highest BCUT2D eigenvalue weighted by molar-refractivity contribution is 5.76. The molecular formula is C9H8O4. The third-order valence-corrected chi connectivity index (χ3v) is 1.74. The molecule has 0 N–H and O–H groups in total. The molecule has 1 aromatic rings. The van der Waals surface area contributed by atoms with Crippen molar-refractivity contribution in [2.75, 3.05) is 7.11 Å². The van der Waals surface area contributed by atoms with Crippen molar-refractivity contribution in [2.45, 2.75) is 6.48 Å². The third-order valence-electron chi connectivity index (χ3n) is 1.74. The second kappa shape index (κ2) is 3.06. The predicted molar refractivity (Wildman–Crippen MR) is 43.9 cm³/mol. The number of methoxy groups -OCH3 is 1. The van der Waals surface area contributed by atoms with Crippen LogP contribution in [0.1, 0.15) is 10.4 Å². The largest absolute Gasteiger partial charge is 0.428 e. The molecule has 0 fully saturated rings. The number of ether oxygens (including phenoxy) is 3. The molecule has 0 radical (unpaired) electrons. The van der Waals surface area contributed by atoms with Gasteiger partial charge in [0.25, 0.3) is 0 Å². The minimum absolute atomic E-state index is 0.538. The number of carbonyl (C=O) groups excluding carboxylic acids is 1. The number of aldehydes is 1. The molecule has 0 spiro atoms. The van der Waals surface area contributed by atoms with Gasteiger partial charge in [0, 0.05) is 12.7 Å². The van der Waals surface area contributed by atoms with Gasteiger partial charge in [0.2, 0.25) is 0 Å². The minimum atomic E-state index is -0.697. The van der Waals surface area contributed by atoms with E-state index in [4.69, 9.17) is 14.2 Å². The summed E-state index contributed by atoms with van der Waals surface area (Å²) >= 11 is 0. The van der Waals surface area contributed by atoms with Crippen molar-refractivity contribution in [2.24, 2.45) is 0 Å². The third kappa shape index (κ3) is 1.36. The molecule has 13 heavy (non-hydrogen) atoms. The normalized spacial score (nSPS) is 18.7. The Balaban J connectivity index is 2.30. The molecule has 68 valence electrons. The number of hydrogen-bond donors (Lipinski definition) is 0. The summed E-state index contributed by atoms with van der Waals surface area (Å²) in [6.07, 6.45) is 0.754. The summed E-state index contributed by atoms with van der Waals surface area (Å²) < 4.78 is 15.2. The fourth-order valence-electron chi connectivity index (χ4n) is 1.12. The first-order valence-electron chi connectivity index (χ1n) is 3.79. The smallest absolute Gasteiger partial charge is 0.360 e. The molecule has 4 nitrogen and oxygen atoms in total. The second-order valence-corrected chi connectivity index (χ2v) is 2.58. The monoisotopic (exact) mass is 180 g/mol. The van der Waals surface area contributed by atoms with Gasteiger partial charge in [-0.2, -0.15) is 0 Å². The molecular weight excluding hydrogens is 172 g/mol. The van der Waals surface area contributed by atoms with E-state index in [9.17, 15) is 4.79 Å². The number of hydrogen-bond acceptors (Lipinski definition) is 4. The molecule has 1 unspecified atom stereocenters. The van der Waals surface area contributed by atoms with E-state index in [1.54, 1.807) is 18.2 Å². The summed E-state index contributed by atoms with van der Waals surface area (Å²) in [6, 6.07) is 4.95. The zero-order valence-electron chi connectivity index (χ0n) is 7.02. The summed E-state index contributed by atoms with van der Waals surface area (Å²) in [7, 11) is 1.48. The van der Waals surface area contributed by atoms with Crippen LogP contribution in [0.4, 0.5) is 0 Å². The van der Waals surface area contributed by atoms with E-state index in [0.29, 0.717) is 17.1 Å². The van der Waals surface area contributed by atoms with Crippen molar-refractivity contribution in [3.63, 3.8) is 0 Å². The van der Waals surface area contributed by atoms with Crippen molar-refractivity contribution in [3.05, 3.63) is 23.8 Å². The topological polar surface area (TPSA) is 44.8 Å². The molecule has 1 aromatic carbocycles. The molecule has 2 rings (SSSR count). The molecule has 4 heteroatoms. The van der Waals surface area contributed by atoms with Crippen molar-refractivity contribution >= 4 is 6.29 Å². The SMILES string of the molecule is COC1Oc2ccc(C=O)cc2O1. The summed E-state index contributed by atoms with van der Waals surface area (Å²) in [5.41, 5.74) is 0.555. The summed E-state index contributed by atoms with van der Waals surface area (Å²) in [4.78, 5) is 10.4. The second-order valence-electron chi connectivity index (χ2n) is 2.58. The van der Waals surface area contributed by atoms with E-state index in [2.05, 4.69) is 0 Å². The Hall–Kier alpha value is -1.55. The number of carbonyl (C=O) groups is 1. The van der Waals surface area contributed by atoms with Crippen LogP contribution in [0.2, 0.25) is 0 Å². The van der Waals surface area contributed by atoms with Crippen molar-refractivity contribution in [1.29, 1.82) is 0 Å². The van der Waals surface area contributed by atoms with Gasteiger partial charge in [0.05, 0.1) is 0 Å². The summed E-state index contributed by atoms with van der Waals surface area (Å²) in [6.45, 7) is -0.697. The highest BCUT2D eigenvalue weighted by Crippen LogP contribution is 2.34. The Morgan fingerprint density at radius 1 is 1.38 bits per heavy atom. The van der Waals surface area contributed by atoms with Gasteiger partial charge in [-0.25, -0.2) is 0 Å². The number of fused-ring (bicyclic) bond motifs is 1. The molecule has 1 atom stereocenters. The van der Waals surface area contributed by atoms with E-state index in [1.807, 2.05) is 0 Å². The maximum absolute atomic E-state index is 10.4. The highest BCUT2D eigenvalue weighted by atomic mass is 16.9. The Labute approximate surface area is 75.0 Å². The first kappa shape index (κ1) is 8.07. The van der Waals surface area contributed by atoms with Gasteiger partial charge in [-0.05, 0) is 18.2 Å². The molecule has 1 aliphatic rings. The van der Waals surface area contributed by atoms with E-state index in [0.717, 1.165) is 6.29 Å². The van der Waals surface area contributed by atoms with E-state index < -0.39 is 6.48 Å². The summed E-state index contributed by atoms with van der Waals surface area (Å²) in [5, 5.41) is 0. The maximum Gasteiger partial charge on any atom is 0.360 e. The quantitative estimate of drug-likeness (QED) is 0.641. The van der Waals surface area contributed by atoms with Crippen LogP contribution in [0.5, 0.6) is 11.5 Å². The zero-order chi connectivity index (χ0) is 9.26. The van der Waals surface area contributed by atoms with Crippen LogP contribution in [0, 0.1) is 0 Å². The van der Waals surface area contributed by atoms with Crippen LogP contribution >= 0.6 is 0 Å². The predicted octanol–water partition coefficient (Wildman–Crippen LogP) is 1.20. The number of rotatable bonds is 2. The molecule has 0 amide bonds. The van der Waals surface area contributed by atoms with E-state index >= 15 is 0 Å². The Morgan fingerprint density at radius 3 is 2.85 bits per heavy atom. The van der Waals surface area contributed by atoms with Gasteiger partial charge in [0.15, 0.2) is 11.5 Å². The fraction of sp³-hybridized carbons (Fsp3) is 0.222. The van der Waals surface area contributed by atoms with Gasteiger partial charge in [0.1, 0.15) is 6.29 Å². The van der Waals surface area contributed by atoms with E-state index in [1.165, 1.54) is 7.11 Å². The summed E-state index contributed by atoms with van der Waals surface area (Å²) in [5.74, 6) is 1.13. The van der Waals surface area contributed by atoms with Crippen molar-refractivity contribution in [3.8, 4) is 11.5 Å². The van der Waals surface area contributed by atoms with Crippen LogP contribution in [-0.2, 0) is 4.74 Å². The van der Waals surface area contributed by atoms with Gasteiger partial charge in [-0.1, -0.05) is 0 Å². The molecule has 0 saturated carbocycles. The van der Waals surface area contributed by atoms with Crippen LogP contribution in [-0.4, -0.2) is 19.9 Å². The Kier molecular flexibility index (Phi) is 1.90. The van der Waals surface area contributed by atoms with Gasteiger partial charge < -0.3 is 14.2 Å². The van der Waals surface area contributed by atoms with Crippen LogP contribution in [0.3, 0.4) is 0 Å². The van der Waals surface area contributed by atoms with E-state index in [-0.39, 0.29) is 0 Å². The van der Waals surface area contributed by atoms with Crippen LogP contribution in [0.15, 0.2) is 18.2 Å². The molecule has 0 aliphatic carbocycles. The lowest BCUT2D eigenvalue weighted by Gasteiger charge is -2.05. The molecule has 0 aromatic heterocycles. The lowest BCUT2D eigenvalue weighted by atomic mass is 10.2. The minimum Gasteiger partial charge on any atom is -0.428 e. The standard InChI is InChI=1S/C9H8O4/c1-11-9-12-7-3-2-6(5-10)4-8(7)13-9/h2-5,9H,1H3. The Bertz CT molecular complexity index is 334. The highest BCUT2D eigenvalue weighted by Gasteiger charge is 2.23. The van der Waals surface area contributed by atoms with Crippen LogP contribution in [0.25, 0.3) is 0 Å². The molecule has 1 aliphatic heterocycles. The van der Waals surface area contributed by atoms with Gasteiger partial charge in [-0.3, -0.25) is 4.79 Å². The Morgan fingerprint density at radius 2 is 2.15 bits per heavy atom. The lowest BCUT2D eigenvalue weighted by molar-refractivity contribution is -0.157. The van der Waals surface area contributed by atoms with Crippen LogP contribution < -0.4 is 9.47 Å². The lowest BCUT2D eigenvalue weighted by Crippen LogP contribution is -2.19. The maximum atomic E-state index is 10.4. The zero-order valence-corrected chi connectivity index (χ0v) is 7.02. The average molecular weight is 180 g/mol. The van der Waals surface area contributed by atoms with Gasteiger partial charge >= 0.3 is 6.48 Å². The molecule has 0 bridgehead atoms. The van der Waals surface area contributed by atoms with Crippen molar-refractivity contribution in [1.82, 2.24) is 0 Å². The molecule has 0 saturated heterocycles. The van der Waals surface area contributed by atoms with Gasteiger partial charge in [-0.15, -0.1) is 0 Å². The first-order valence-corrected chi connectivity index (χ1v) is 3.79. The average Bonchev–Trinajstić information content (AvgIpc) is 2.58.